The van der Waals surface area contributed by atoms with Crippen molar-refractivity contribution in [3.8, 4) is 11.5 Å². The van der Waals surface area contributed by atoms with Crippen LogP contribution in [-0.4, -0.2) is 79.0 Å². The number of benzene rings is 1. The van der Waals surface area contributed by atoms with Crippen LogP contribution in [0, 0.1) is 0 Å². The Morgan fingerprint density at radius 1 is 1.21 bits per heavy atom. The van der Waals surface area contributed by atoms with E-state index in [2.05, 4.69) is 32.3 Å². The van der Waals surface area contributed by atoms with Crippen LogP contribution < -0.4 is 10.5 Å². The van der Waals surface area contributed by atoms with Gasteiger partial charge in [-0.3, -0.25) is 4.57 Å². The average molecular weight is 499 g/mol. The Kier molecular flexibility index (Phi) is 6.35. The molecule has 0 unspecified atom stereocenters. The van der Waals surface area contributed by atoms with Crippen LogP contribution in [0.4, 0.5) is 5.82 Å². The van der Waals surface area contributed by atoms with Gasteiger partial charge in [0.1, 0.15) is 30.2 Å². The van der Waals surface area contributed by atoms with Crippen molar-refractivity contribution in [2.45, 2.75) is 29.8 Å². The van der Waals surface area contributed by atoms with Gasteiger partial charge < -0.3 is 30.9 Å². The molecule has 0 saturated carbocycles. The van der Waals surface area contributed by atoms with E-state index in [4.69, 9.17) is 10.5 Å². The summed E-state index contributed by atoms with van der Waals surface area (Å²) < 4.78 is 34.4. The van der Waals surface area contributed by atoms with E-state index in [1.807, 2.05) is 0 Å². The molecular weight excluding hydrogens is 476 g/mol. The molecule has 0 bridgehead atoms. The quantitative estimate of drug-likeness (QED) is 0.156. The number of ether oxygens (including phenoxy) is 1. The van der Waals surface area contributed by atoms with Crippen LogP contribution in [-0.2, 0) is 14.8 Å². The third kappa shape index (κ3) is 4.55. The number of rotatable bonds is 7. The van der Waals surface area contributed by atoms with Crippen LogP contribution in [0.1, 0.15) is 17.0 Å². The lowest BCUT2D eigenvalue weighted by Crippen LogP contribution is -2.40. The second-order valence-corrected chi connectivity index (χ2v) is 9.96. The number of hydrogen-bond acceptors (Lipinski definition) is 12. The Balaban J connectivity index is 1.43. The minimum absolute atomic E-state index is 0.134. The average Bonchev–Trinajstić information content (AvgIpc) is 3.31. The van der Waals surface area contributed by atoms with Gasteiger partial charge in [-0.25, -0.2) is 28.1 Å². The molecule has 0 amide bonds. The molecule has 0 spiro atoms. The molecule has 15 heteroatoms. The summed E-state index contributed by atoms with van der Waals surface area (Å²) in [6, 6.07) is 4.16. The van der Waals surface area contributed by atoms with Crippen molar-refractivity contribution in [1.29, 1.82) is 0 Å². The molecule has 7 N–H and O–H groups in total. The summed E-state index contributed by atoms with van der Waals surface area (Å²) in [7, 11) is -3.95. The largest absolute Gasteiger partial charge is 0.504 e. The molecule has 1 aromatic carbocycles. The number of para-hydroxylation sites is 1. The van der Waals surface area contributed by atoms with Crippen molar-refractivity contribution < 1.29 is 33.6 Å². The number of aromatic hydroxyl groups is 2. The van der Waals surface area contributed by atoms with Crippen LogP contribution in [0.25, 0.3) is 11.2 Å². The van der Waals surface area contributed by atoms with Crippen LogP contribution in [0.5, 0.6) is 11.5 Å². The van der Waals surface area contributed by atoms with E-state index in [0.717, 1.165) is 0 Å². The first-order chi connectivity index (χ1) is 15.6. The molecule has 33 heavy (non-hydrogen) atoms. The summed E-state index contributed by atoms with van der Waals surface area (Å²) in [6.45, 7) is -0.340. The molecule has 13 nitrogen and oxygen atoms in total. The van der Waals surface area contributed by atoms with Gasteiger partial charge in [-0.15, -0.1) is 0 Å². The maximum absolute atomic E-state index is 12.5. The van der Waals surface area contributed by atoms with Crippen molar-refractivity contribution >= 4 is 39.6 Å². The predicted molar refractivity (Wildman–Crippen MR) is 119 cm³/mol. The summed E-state index contributed by atoms with van der Waals surface area (Å²) in [4.78, 5) is 12.0. The molecule has 2 aromatic heterocycles. The number of anilines is 1. The first kappa shape index (κ1) is 23.5. The highest BCUT2D eigenvalue weighted by Gasteiger charge is 2.44. The summed E-state index contributed by atoms with van der Waals surface area (Å²) >= 11 is 4.22. The minimum Gasteiger partial charge on any atom is -0.504 e. The number of fused-ring (bicyclic) bond motifs is 1. The molecule has 1 fully saturated rings. The van der Waals surface area contributed by atoms with E-state index in [1.54, 1.807) is 0 Å². The normalized spacial score (nSPS) is 24.3. The van der Waals surface area contributed by atoms with Gasteiger partial charge in [0.25, 0.3) is 0 Å². The van der Waals surface area contributed by atoms with E-state index in [0.29, 0.717) is 5.52 Å². The number of nitrogen functional groups attached to an aromatic ring is 1. The summed E-state index contributed by atoms with van der Waals surface area (Å²) in [5.74, 6) is -1.23. The van der Waals surface area contributed by atoms with Gasteiger partial charge in [0.15, 0.2) is 29.2 Å². The molecule has 5 atom stereocenters. The van der Waals surface area contributed by atoms with Gasteiger partial charge in [-0.2, -0.15) is 12.6 Å². The van der Waals surface area contributed by atoms with Crippen molar-refractivity contribution in [3.63, 3.8) is 0 Å². The first-order valence-corrected chi connectivity index (χ1v) is 11.9. The van der Waals surface area contributed by atoms with E-state index >= 15 is 0 Å². The van der Waals surface area contributed by atoms with Crippen molar-refractivity contribution in [1.82, 2.24) is 24.2 Å². The van der Waals surface area contributed by atoms with Crippen LogP contribution in [0.15, 0.2) is 30.9 Å². The van der Waals surface area contributed by atoms with Crippen molar-refractivity contribution in [3.05, 3.63) is 36.4 Å². The van der Waals surface area contributed by atoms with Crippen LogP contribution in [0.3, 0.4) is 0 Å². The Morgan fingerprint density at radius 3 is 2.73 bits per heavy atom. The van der Waals surface area contributed by atoms with Crippen LogP contribution >= 0.6 is 12.6 Å². The maximum Gasteiger partial charge on any atom is 0.213 e. The van der Waals surface area contributed by atoms with Gasteiger partial charge >= 0.3 is 0 Å². The fraction of sp³-hybridized carbons (Fsp3) is 0.389. The number of imidazole rings is 1. The molecule has 0 radical (unpaired) electrons. The van der Waals surface area contributed by atoms with E-state index in [1.165, 1.54) is 35.4 Å². The Hall–Kier alpha value is -2.69. The van der Waals surface area contributed by atoms with Crippen molar-refractivity contribution in [2.24, 2.45) is 0 Å². The summed E-state index contributed by atoms with van der Waals surface area (Å²) in [6.07, 6.45) is -2.42. The maximum atomic E-state index is 12.5. The topological polar surface area (TPSA) is 206 Å². The van der Waals surface area contributed by atoms with Gasteiger partial charge in [-0.05, 0) is 6.07 Å². The summed E-state index contributed by atoms with van der Waals surface area (Å²) in [5.41, 5.74) is 6.48. The molecule has 0 aliphatic carbocycles. The lowest BCUT2D eigenvalue weighted by atomic mass is 10.1. The standard InChI is InChI=1S/C18H22N6O7S2/c19-16-12-17(21-6-20-16)24(7-22-12)18-15(28)14(27)10(31-18)4-23-33(29,30)5-11(32)8-2-1-3-9(25)13(8)26/h1-3,6-7,10-11,14-15,18,23,25-28,32H,4-5H2,(H2,19,20,21)/t10-,11-,14-,15-,18-/m1/s1. The molecular formula is C18H22N6O7S2. The molecule has 1 aliphatic heterocycles. The number of nitrogens with two attached hydrogens (primary N) is 1. The highest BCUT2D eigenvalue weighted by Crippen LogP contribution is 2.36. The first-order valence-electron chi connectivity index (χ1n) is 9.70. The van der Waals surface area contributed by atoms with Crippen LogP contribution in [0.2, 0.25) is 0 Å². The number of hydrogen-bond donors (Lipinski definition) is 7. The highest BCUT2D eigenvalue weighted by atomic mass is 32.2. The third-order valence-corrected chi connectivity index (χ3v) is 7.37. The third-order valence-electron chi connectivity index (χ3n) is 5.29. The zero-order valence-corrected chi connectivity index (χ0v) is 18.6. The fourth-order valence-electron chi connectivity index (χ4n) is 3.57. The fourth-order valence-corrected chi connectivity index (χ4v) is 5.50. The summed E-state index contributed by atoms with van der Waals surface area (Å²) in [5, 5.41) is 39.4. The molecule has 3 heterocycles. The van der Waals surface area contributed by atoms with Crippen molar-refractivity contribution in [2.75, 3.05) is 18.0 Å². The van der Waals surface area contributed by atoms with E-state index in [9.17, 15) is 28.8 Å². The zero-order valence-electron chi connectivity index (χ0n) is 16.9. The lowest BCUT2D eigenvalue weighted by Gasteiger charge is -2.18. The molecule has 4 rings (SSSR count). The number of nitrogens with zero attached hydrogens (tertiary/aromatic N) is 4. The minimum atomic E-state index is -3.95. The SMILES string of the molecule is Nc1ncnc2c1ncn2[C@@H]1O[C@H](CNS(=O)(=O)C[C@@H](S)c2cccc(O)c2O)[C@@H](O)[C@H]1O. The molecule has 1 aliphatic rings. The monoisotopic (exact) mass is 498 g/mol. The zero-order chi connectivity index (χ0) is 23.9. The lowest BCUT2D eigenvalue weighted by molar-refractivity contribution is -0.0330. The highest BCUT2D eigenvalue weighted by molar-refractivity contribution is 7.90. The molecule has 1 saturated heterocycles. The smallest absolute Gasteiger partial charge is 0.213 e. The number of sulfonamides is 1. The van der Waals surface area contributed by atoms with Gasteiger partial charge in [-0.1, -0.05) is 12.1 Å². The number of nitrogens with one attached hydrogen (secondary N) is 1. The van der Waals surface area contributed by atoms with Gasteiger partial charge in [0, 0.05) is 17.4 Å². The molecule has 3 aromatic rings. The Morgan fingerprint density at radius 2 is 1.97 bits per heavy atom. The second kappa shape index (κ2) is 8.92. The second-order valence-electron chi connectivity index (χ2n) is 7.49. The number of phenols is 2. The number of aliphatic hydroxyl groups is 2. The van der Waals surface area contributed by atoms with E-state index in [-0.39, 0.29) is 23.6 Å². The number of phenolic OH excluding ortho intramolecular Hbond substituents is 2. The number of thiol groups is 1. The van der Waals surface area contributed by atoms with E-state index < -0.39 is 57.1 Å². The Labute approximate surface area is 193 Å². The van der Waals surface area contributed by atoms with Gasteiger partial charge in [0.2, 0.25) is 10.0 Å². The number of aliphatic hydroxyl groups excluding tert-OH is 2. The molecule has 178 valence electrons. The predicted octanol–water partition coefficient (Wildman–Crippen LogP) is -0.971. The van der Waals surface area contributed by atoms with Gasteiger partial charge in [0.05, 0.1) is 12.1 Å². The Bertz CT molecular complexity index is 1270. The number of aromatic nitrogens is 4.